The van der Waals surface area contributed by atoms with Crippen LogP contribution in [0.4, 0.5) is 0 Å². The van der Waals surface area contributed by atoms with Gasteiger partial charge >= 0.3 is 7.12 Å². The first-order valence-corrected chi connectivity index (χ1v) is 9.36. The lowest BCUT2D eigenvalue weighted by molar-refractivity contribution is 0.00578. The molecule has 0 saturated carbocycles. The van der Waals surface area contributed by atoms with E-state index in [0.29, 0.717) is 5.25 Å². The molecule has 0 spiro atoms. The van der Waals surface area contributed by atoms with Gasteiger partial charge in [0.25, 0.3) is 0 Å². The van der Waals surface area contributed by atoms with Crippen molar-refractivity contribution >= 4 is 24.3 Å². The lowest BCUT2D eigenvalue weighted by atomic mass is 9.81. The second-order valence-electron chi connectivity index (χ2n) is 7.44. The van der Waals surface area contributed by atoms with Gasteiger partial charge in [0.2, 0.25) is 0 Å². The molecule has 3 heterocycles. The van der Waals surface area contributed by atoms with Crippen LogP contribution in [0.5, 0.6) is 0 Å². The number of hydrogen-bond donors (Lipinski definition) is 1. The highest BCUT2D eigenvalue weighted by Crippen LogP contribution is 2.36. The third-order valence-corrected chi connectivity index (χ3v) is 6.23. The number of likely N-dealkylation sites (tertiary alicyclic amines) is 1. The van der Waals surface area contributed by atoms with Gasteiger partial charge in [-0.2, -0.15) is 0 Å². The van der Waals surface area contributed by atoms with Gasteiger partial charge in [-0.25, -0.2) is 9.97 Å². The lowest BCUT2D eigenvalue weighted by Gasteiger charge is -2.32. The van der Waals surface area contributed by atoms with E-state index in [1.165, 1.54) is 0 Å². The van der Waals surface area contributed by atoms with Gasteiger partial charge in [0.05, 0.1) is 17.8 Å². The van der Waals surface area contributed by atoms with E-state index in [1.807, 2.05) is 27.7 Å². The summed E-state index contributed by atoms with van der Waals surface area (Å²) in [6.07, 6.45) is 4.71. The highest BCUT2D eigenvalue weighted by molar-refractivity contribution is 7.99. The minimum Gasteiger partial charge on any atom is -0.399 e. The zero-order valence-electron chi connectivity index (χ0n) is 14.9. The minimum atomic E-state index is -0.416. The van der Waals surface area contributed by atoms with Crippen LogP contribution >= 0.6 is 11.8 Å². The van der Waals surface area contributed by atoms with Crippen LogP contribution in [0, 0.1) is 0 Å². The number of aliphatic hydroxyl groups excluding tert-OH is 1. The van der Waals surface area contributed by atoms with Crippen LogP contribution in [-0.4, -0.2) is 69.8 Å². The van der Waals surface area contributed by atoms with E-state index in [9.17, 15) is 0 Å². The molecule has 132 valence electrons. The molecule has 1 aromatic heterocycles. The van der Waals surface area contributed by atoms with Gasteiger partial charge in [-0.1, -0.05) is 11.8 Å². The van der Waals surface area contributed by atoms with E-state index in [-0.39, 0.29) is 17.8 Å². The molecule has 1 aromatic rings. The molecular formula is C16H26BN3O3S. The van der Waals surface area contributed by atoms with Crippen molar-refractivity contribution in [1.29, 1.82) is 0 Å². The molecule has 0 aromatic carbocycles. The van der Waals surface area contributed by atoms with Gasteiger partial charge in [0, 0.05) is 36.2 Å². The maximum Gasteiger partial charge on any atom is 0.498 e. The highest BCUT2D eigenvalue weighted by Gasteiger charge is 2.51. The first kappa shape index (κ1) is 18.1. The smallest absolute Gasteiger partial charge is 0.399 e. The molecule has 6 nitrogen and oxygen atoms in total. The van der Waals surface area contributed by atoms with Crippen molar-refractivity contribution in [2.75, 3.05) is 26.2 Å². The molecule has 8 heteroatoms. The molecular weight excluding hydrogens is 325 g/mol. The summed E-state index contributed by atoms with van der Waals surface area (Å²) >= 11 is 1.70. The van der Waals surface area contributed by atoms with Crippen LogP contribution in [0.15, 0.2) is 17.6 Å². The number of nitrogens with zero attached hydrogens (tertiary/aromatic N) is 3. The standard InChI is InChI=1S/C16H26BN3O3S/c1-15(2)16(3,4)23-17(22-15)12-9-18-14(19-10-12)24-13-5-6-20(11-13)7-8-21/h9-10,13,21H,5-8,11H2,1-4H3/t13-/m0/s1. The van der Waals surface area contributed by atoms with Crippen molar-refractivity contribution in [3.05, 3.63) is 12.4 Å². The molecule has 1 N–H and O–H groups in total. The second kappa shape index (κ2) is 6.92. The lowest BCUT2D eigenvalue weighted by Crippen LogP contribution is -2.41. The van der Waals surface area contributed by atoms with Crippen LogP contribution in [0.3, 0.4) is 0 Å². The number of hydrogen-bond acceptors (Lipinski definition) is 7. The fraction of sp³-hybridized carbons (Fsp3) is 0.750. The van der Waals surface area contributed by atoms with Gasteiger partial charge in [-0.05, 0) is 40.7 Å². The Morgan fingerprint density at radius 1 is 1.25 bits per heavy atom. The van der Waals surface area contributed by atoms with Crippen molar-refractivity contribution < 1.29 is 14.4 Å². The van der Waals surface area contributed by atoms with Crippen molar-refractivity contribution in [3.8, 4) is 0 Å². The Bertz CT molecular complexity index is 554. The summed E-state index contributed by atoms with van der Waals surface area (Å²) in [4.78, 5) is 11.2. The predicted octanol–water partition coefficient (Wildman–Crippen LogP) is 0.934. The second-order valence-corrected chi connectivity index (χ2v) is 8.71. The molecule has 0 unspecified atom stereocenters. The van der Waals surface area contributed by atoms with Crippen molar-refractivity contribution in [2.45, 2.75) is 55.7 Å². The summed E-state index contributed by atoms with van der Waals surface area (Å²) in [5.41, 5.74) is 0.141. The van der Waals surface area contributed by atoms with E-state index >= 15 is 0 Å². The molecule has 0 radical (unpaired) electrons. The van der Waals surface area contributed by atoms with Crippen LogP contribution in [-0.2, 0) is 9.31 Å². The molecule has 0 bridgehead atoms. The van der Waals surface area contributed by atoms with Gasteiger partial charge in [0.15, 0.2) is 5.16 Å². The highest BCUT2D eigenvalue weighted by atomic mass is 32.2. The fourth-order valence-electron chi connectivity index (χ4n) is 2.87. The molecule has 2 saturated heterocycles. The van der Waals surface area contributed by atoms with Crippen LogP contribution in [0.2, 0.25) is 0 Å². The average Bonchev–Trinajstić information content (AvgIpc) is 3.02. The third-order valence-electron chi connectivity index (χ3n) is 5.09. The largest absolute Gasteiger partial charge is 0.498 e. The number of aliphatic hydroxyl groups is 1. The number of aromatic nitrogens is 2. The molecule has 0 aliphatic carbocycles. The zero-order valence-corrected chi connectivity index (χ0v) is 15.7. The summed E-state index contributed by atoms with van der Waals surface area (Å²) in [5.74, 6) is 0. The Balaban J connectivity index is 1.59. The third kappa shape index (κ3) is 3.78. The molecule has 2 aliphatic heterocycles. The van der Waals surface area contributed by atoms with Crippen molar-refractivity contribution in [1.82, 2.24) is 14.9 Å². The van der Waals surface area contributed by atoms with Crippen molar-refractivity contribution in [2.24, 2.45) is 0 Å². The first-order chi connectivity index (χ1) is 11.3. The Kier molecular flexibility index (Phi) is 5.23. The molecule has 2 aliphatic rings. The van der Waals surface area contributed by atoms with Crippen LogP contribution in [0.25, 0.3) is 0 Å². The fourth-order valence-corrected chi connectivity index (χ4v) is 3.91. The van der Waals surface area contributed by atoms with Gasteiger partial charge in [-0.3, -0.25) is 4.90 Å². The molecule has 2 fully saturated rings. The van der Waals surface area contributed by atoms with Gasteiger partial charge < -0.3 is 14.4 Å². The van der Waals surface area contributed by atoms with Crippen molar-refractivity contribution in [3.63, 3.8) is 0 Å². The summed E-state index contributed by atoms with van der Waals surface area (Å²) < 4.78 is 12.1. The summed E-state index contributed by atoms with van der Waals surface area (Å²) in [5, 5.41) is 10.3. The maximum atomic E-state index is 9.01. The molecule has 0 amide bonds. The molecule has 1 atom stereocenters. The quantitative estimate of drug-likeness (QED) is 0.625. The van der Waals surface area contributed by atoms with E-state index in [0.717, 1.165) is 36.7 Å². The van der Waals surface area contributed by atoms with E-state index in [2.05, 4.69) is 14.9 Å². The number of β-amino-alcohol motifs (C(OH)–C–C–N with tert-alkyl or cyclic N) is 1. The topological polar surface area (TPSA) is 67.7 Å². The van der Waals surface area contributed by atoms with Gasteiger partial charge in [-0.15, -0.1) is 0 Å². The normalized spacial score (nSPS) is 26.2. The first-order valence-electron chi connectivity index (χ1n) is 8.48. The Hall–Kier alpha value is -0.665. The SMILES string of the molecule is CC1(C)OB(c2cnc(S[C@H]3CCN(CCO)C3)nc2)OC1(C)C. The molecule has 24 heavy (non-hydrogen) atoms. The van der Waals surface area contributed by atoms with E-state index < -0.39 is 7.12 Å². The summed E-state index contributed by atoms with van der Waals surface area (Å²) in [6, 6.07) is 0. The Labute approximate surface area is 148 Å². The maximum absolute atomic E-state index is 9.01. The Morgan fingerprint density at radius 3 is 2.46 bits per heavy atom. The monoisotopic (exact) mass is 351 g/mol. The van der Waals surface area contributed by atoms with Crippen LogP contribution in [0.1, 0.15) is 34.1 Å². The number of rotatable bonds is 5. The van der Waals surface area contributed by atoms with Crippen LogP contribution < -0.4 is 5.46 Å². The molecule has 3 rings (SSSR count). The summed E-state index contributed by atoms with van der Waals surface area (Å²) in [7, 11) is -0.416. The van der Waals surface area contributed by atoms with E-state index in [1.54, 1.807) is 24.2 Å². The summed E-state index contributed by atoms with van der Waals surface area (Å²) in [6.45, 7) is 11.1. The minimum absolute atomic E-state index is 0.219. The average molecular weight is 351 g/mol. The Morgan fingerprint density at radius 2 is 1.88 bits per heavy atom. The van der Waals surface area contributed by atoms with Gasteiger partial charge in [0.1, 0.15) is 0 Å². The van der Waals surface area contributed by atoms with E-state index in [4.69, 9.17) is 14.4 Å². The number of thioether (sulfide) groups is 1. The zero-order chi connectivity index (χ0) is 17.4. The predicted molar refractivity (Wildman–Crippen MR) is 95.5 cm³/mol.